The molecule has 27 heavy (non-hydrogen) atoms. The number of nitrogens with one attached hydrogen (secondary N) is 1. The third-order valence-electron chi connectivity index (χ3n) is 4.80. The molecule has 0 saturated carbocycles. The van der Waals surface area contributed by atoms with E-state index in [1.165, 1.54) is 5.56 Å². The maximum Gasteiger partial charge on any atom is 0.178 e. The number of carbonyl (C=O) groups excluding carboxylic acids is 1. The summed E-state index contributed by atoms with van der Waals surface area (Å²) in [4.78, 5) is 12.7. The second kappa shape index (κ2) is 8.23. The van der Waals surface area contributed by atoms with E-state index in [0.29, 0.717) is 13.1 Å². The number of ketones is 1. The van der Waals surface area contributed by atoms with Gasteiger partial charge in [0.05, 0.1) is 13.7 Å². The third-order valence-corrected chi connectivity index (χ3v) is 4.80. The average molecular weight is 362 g/mol. The van der Waals surface area contributed by atoms with E-state index in [1.54, 1.807) is 7.11 Å². The quantitative estimate of drug-likeness (QED) is 0.634. The topological polar surface area (TPSA) is 43.3 Å². The lowest BCUT2D eigenvalue weighted by atomic mass is 10.1. The van der Waals surface area contributed by atoms with E-state index >= 15 is 0 Å². The SMILES string of the molecule is COc1ccc(CNCC(=O)c2cc(C)n(-c3ccc(C)cc3)c2C)cc1. The number of hydrogen-bond donors (Lipinski definition) is 1. The summed E-state index contributed by atoms with van der Waals surface area (Å²) in [5, 5.41) is 3.24. The Bertz CT molecular complexity index is 922. The Labute approximate surface area is 160 Å². The molecule has 3 rings (SSSR count). The number of benzene rings is 2. The van der Waals surface area contributed by atoms with Crippen LogP contribution in [0.25, 0.3) is 5.69 Å². The number of methoxy groups -OCH3 is 1. The summed E-state index contributed by atoms with van der Waals surface area (Å²) in [5.41, 5.74) is 6.24. The number of aryl methyl sites for hydroxylation is 2. The van der Waals surface area contributed by atoms with E-state index in [9.17, 15) is 4.79 Å². The summed E-state index contributed by atoms with van der Waals surface area (Å²) >= 11 is 0. The fraction of sp³-hybridized carbons (Fsp3) is 0.261. The molecule has 140 valence electrons. The first-order valence-electron chi connectivity index (χ1n) is 9.12. The average Bonchev–Trinajstić information content (AvgIpc) is 2.97. The van der Waals surface area contributed by atoms with Crippen molar-refractivity contribution in [1.29, 1.82) is 0 Å². The Morgan fingerprint density at radius 3 is 2.30 bits per heavy atom. The van der Waals surface area contributed by atoms with Crippen LogP contribution in [0.15, 0.2) is 54.6 Å². The molecule has 3 aromatic rings. The minimum Gasteiger partial charge on any atom is -0.497 e. The summed E-state index contributed by atoms with van der Waals surface area (Å²) < 4.78 is 7.30. The lowest BCUT2D eigenvalue weighted by molar-refractivity contribution is 0.0990. The molecule has 0 aliphatic carbocycles. The first-order valence-corrected chi connectivity index (χ1v) is 9.12. The van der Waals surface area contributed by atoms with Crippen LogP contribution in [0.3, 0.4) is 0 Å². The Hall–Kier alpha value is -2.85. The van der Waals surface area contributed by atoms with Crippen LogP contribution in [0.2, 0.25) is 0 Å². The van der Waals surface area contributed by atoms with Crippen LogP contribution >= 0.6 is 0 Å². The van der Waals surface area contributed by atoms with Gasteiger partial charge in [-0.25, -0.2) is 0 Å². The van der Waals surface area contributed by atoms with Gasteiger partial charge in [0, 0.05) is 29.2 Å². The van der Waals surface area contributed by atoms with E-state index in [4.69, 9.17) is 4.74 Å². The van der Waals surface area contributed by atoms with Crippen LogP contribution in [0.1, 0.15) is 32.9 Å². The van der Waals surface area contributed by atoms with Gasteiger partial charge in [-0.3, -0.25) is 4.79 Å². The van der Waals surface area contributed by atoms with E-state index in [-0.39, 0.29) is 5.78 Å². The molecule has 0 aliphatic rings. The predicted molar refractivity (Wildman–Crippen MR) is 109 cm³/mol. The molecule has 0 fully saturated rings. The molecule has 4 heteroatoms. The van der Waals surface area contributed by atoms with Crippen molar-refractivity contribution in [3.05, 3.63) is 82.7 Å². The standard InChI is InChI=1S/C23H26N2O2/c1-16-5-9-20(10-6-16)25-17(2)13-22(18(25)3)23(26)15-24-14-19-7-11-21(27-4)12-8-19/h5-13,24H,14-15H2,1-4H3. The molecule has 2 aromatic carbocycles. The van der Waals surface area contributed by atoms with Crippen molar-refractivity contribution in [2.75, 3.05) is 13.7 Å². The van der Waals surface area contributed by atoms with Gasteiger partial charge in [-0.2, -0.15) is 0 Å². The molecule has 0 amide bonds. The van der Waals surface area contributed by atoms with Crippen molar-refractivity contribution in [3.63, 3.8) is 0 Å². The van der Waals surface area contributed by atoms with Gasteiger partial charge in [0.15, 0.2) is 5.78 Å². The van der Waals surface area contributed by atoms with Gasteiger partial charge in [-0.05, 0) is 56.7 Å². The highest BCUT2D eigenvalue weighted by atomic mass is 16.5. The van der Waals surface area contributed by atoms with Gasteiger partial charge in [-0.15, -0.1) is 0 Å². The molecule has 1 heterocycles. The molecule has 1 N–H and O–H groups in total. The van der Waals surface area contributed by atoms with Crippen molar-refractivity contribution in [1.82, 2.24) is 9.88 Å². The van der Waals surface area contributed by atoms with Crippen molar-refractivity contribution >= 4 is 5.78 Å². The van der Waals surface area contributed by atoms with Gasteiger partial charge >= 0.3 is 0 Å². The van der Waals surface area contributed by atoms with Gasteiger partial charge in [0.2, 0.25) is 0 Å². The fourth-order valence-electron chi connectivity index (χ4n) is 3.30. The Morgan fingerprint density at radius 2 is 1.67 bits per heavy atom. The van der Waals surface area contributed by atoms with Crippen LogP contribution in [-0.2, 0) is 6.54 Å². The number of aromatic nitrogens is 1. The first-order chi connectivity index (χ1) is 13.0. The molecule has 0 aliphatic heterocycles. The molecular formula is C23H26N2O2. The zero-order chi connectivity index (χ0) is 19.4. The predicted octanol–water partition coefficient (Wildman–Crippen LogP) is 4.38. The zero-order valence-corrected chi connectivity index (χ0v) is 16.4. The van der Waals surface area contributed by atoms with Crippen molar-refractivity contribution in [3.8, 4) is 11.4 Å². The van der Waals surface area contributed by atoms with Gasteiger partial charge in [0.1, 0.15) is 5.75 Å². The van der Waals surface area contributed by atoms with Crippen molar-refractivity contribution < 1.29 is 9.53 Å². The van der Waals surface area contributed by atoms with Crippen LogP contribution in [0.5, 0.6) is 5.75 Å². The normalized spacial score (nSPS) is 10.8. The maximum absolute atomic E-state index is 12.7. The Morgan fingerprint density at radius 1 is 1.00 bits per heavy atom. The second-order valence-electron chi connectivity index (χ2n) is 6.83. The number of carbonyl (C=O) groups is 1. The van der Waals surface area contributed by atoms with Crippen molar-refractivity contribution in [2.24, 2.45) is 0 Å². The summed E-state index contributed by atoms with van der Waals surface area (Å²) in [6.07, 6.45) is 0. The Kier molecular flexibility index (Phi) is 5.77. The molecule has 0 radical (unpaired) electrons. The Balaban J connectivity index is 1.68. The highest BCUT2D eigenvalue weighted by Crippen LogP contribution is 2.21. The van der Waals surface area contributed by atoms with Crippen LogP contribution in [0.4, 0.5) is 0 Å². The molecule has 1 aromatic heterocycles. The van der Waals surface area contributed by atoms with Gasteiger partial charge in [0.25, 0.3) is 0 Å². The number of nitrogens with zero attached hydrogens (tertiary/aromatic N) is 1. The van der Waals surface area contributed by atoms with Gasteiger partial charge in [-0.1, -0.05) is 29.8 Å². The fourth-order valence-corrected chi connectivity index (χ4v) is 3.30. The molecule has 0 unspecified atom stereocenters. The monoisotopic (exact) mass is 362 g/mol. The van der Waals surface area contributed by atoms with Crippen LogP contribution < -0.4 is 10.1 Å². The second-order valence-corrected chi connectivity index (χ2v) is 6.83. The smallest absolute Gasteiger partial charge is 0.178 e. The van der Waals surface area contributed by atoms with E-state index in [1.807, 2.05) is 44.2 Å². The zero-order valence-electron chi connectivity index (χ0n) is 16.4. The molecule has 0 atom stereocenters. The summed E-state index contributed by atoms with van der Waals surface area (Å²) in [6.45, 7) is 7.07. The van der Waals surface area contributed by atoms with Crippen LogP contribution in [-0.4, -0.2) is 24.0 Å². The summed E-state index contributed by atoms with van der Waals surface area (Å²) in [6, 6.07) is 18.2. The molecular weight excluding hydrogens is 336 g/mol. The van der Waals surface area contributed by atoms with Crippen molar-refractivity contribution in [2.45, 2.75) is 27.3 Å². The molecule has 0 spiro atoms. The lowest BCUT2D eigenvalue weighted by Crippen LogP contribution is -2.23. The first kappa shape index (κ1) is 18.9. The van der Waals surface area contributed by atoms with E-state index in [2.05, 4.69) is 41.1 Å². The van der Waals surface area contributed by atoms with E-state index < -0.39 is 0 Å². The van der Waals surface area contributed by atoms with E-state index in [0.717, 1.165) is 34.0 Å². The highest BCUT2D eigenvalue weighted by Gasteiger charge is 2.16. The molecule has 0 bridgehead atoms. The number of ether oxygens (including phenoxy) is 1. The third kappa shape index (κ3) is 4.29. The molecule has 4 nitrogen and oxygen atoms in total. The summed E-state index contributed by atoms with van der Waals surface area (Å²) in [5.74, 6) is 0.938. The lowest BCUT2D eigenvalue weighted by Gasteiger charge is -2.10. The highest BCUT2D eigenvalue weighted by molar-refractivity contribution is 5.99. The minimum atomic E-state index is 0.106. The minimum absolute atomic E-state index is 0.106. The maximum atomic E-state index is 12.7. The molecule has 0 saturated heterocycles. The van der Waals surface area contributed by atoms with Gasteiger partial charge < -0.3 is 14.6 Å². The largest absolute Gasteiger partial charge is 0.497 e. The number of hydrogen-bond acceptors (Lipinski definition) is 3. The number of rotatable bonds is 7. The summed E-state index contributed by atoms with van der Waals surface area (Å²) in [7, 11) is 1.65. The van der Waals surface area contributed by atoms with Crippen LogP contribution in [0, 0.1) is 20.8 Å². The number of Topliss-reactive ketones (excluding diaryl/α,β-unsaturated/α-hetero) is 1.